The van der Waals surface area contributed by atoms with Crippen LogP contribution in [0.5, 0.6) is 0 Å². The fourth-order valence-electron chi connectivity index (χ4n) is 3.53. The van der Waals surface area contributed by atoms with Crippen LogP contribution in [0.2, 0.25) is 0 Å². The van der Waals surface area contributed by atoms with E-state index in [0.29, 0.717) is 0 Å². The van der Waals surface area contributed by atoms with Crippen LogP contribution in [0.25, 0.3) is 0 Å². The van der Waals surface area contributed by atoms with E-state index in [1.54, 1.807) is 6.92 Å². The molecule has 3 heteroatoms. The lowest BCUT2D eigenvalue weighted by atomic mass is 10.0. The van der Waals surface area contributed by atoms with Crippen LogP contribution in [0.3, 0.4) is 0 Å². The first-order valence-corrected chi connectivity index (χ1v) is 13.1. The van der Waals surface area contributed by atoms with Crippen LogP contribution >= 0.6 is 0 Å². The molecule has 0 aliphatic carbocycles. The van der Waals surface area contributed by atoms with Gasteiger partial charge in [-0.05, 0) is 56.7 Å². The zero-order chi connectivity index (χ0) is 23.2. The molecule has 0 spiro atoms. The van der Waals surface area contributed by atoms with E-state index in [1.807, 2.05) is 0 Å². The predicted octanol–water partition coefficient (Wildman–Crippen LogP) is 8.42. The summed E-state index contributed by atoms with van der Waals surface area (Å²) in [5.74, 6) is 1.87. The molecule has 0 amide bonds. The van der Waals surface area contributed by atoms with Crippen molar-refractivity contribution in [2.75, 3.05) is 19.6 Å². The molecule has 3 nitrogen and oxygen atoms in total. The van der Waals surface area contributed by atoms with Crippen LogP contribution in [0.15, 0.2) is 0 Å². The van der Waals surface area contributed by atoms with Gasteiger partial charge < -0.3 is 10.0 Å². The molecule has 1 N–H and O–H groups in total. The molecule has 0 aliphatic heterocycles. The van der Waals surface area contributed by atoms with Gasteiger partial charge in [-0.2, -0.15) is 0 Å². The molecule has 0 aliphatic rings. The molecule has 0 bridgehead atoms. The number of rotatable bonds is 19. The van der Waals surface area contributed by atoms with E-state index in [1.165, 1.54) is 96.7 Å². The lowest BCUT2D eigenvalue weighted by Gasteiger charge is -2.22. The van der Waals surface area contributed by atoms with Crippen molar-refractivity contribution in [3.8, 4) is 0 Å². The van der Waals surface area contributed by atoms with Crippen LogP contribution in [0.1, 0.15) is 132 Å². The largest absolute Gasteiger partial charge is 0.481 e. The molecule has 0 radical (unpaired) electrons. The second-order valence-corrected chi connectivity index (χ2v) is 10.3. The number of aliphatic carboxylic acids is 1. The summed E-state index contributed by atoms with van der Waals surface area (Å²) in [6.45, 7) is 19.7. The highest BCUT2D eigenvalue weighted by molar-refractivity contribution is 5.66. The Balaban J connectivity index is 0. The summed E-state index contributed by atoms with van der Waals surface area (Å²) >= 11 is 0. The average Bonchev–Trinajstić information content (AvgIpc) is 2.66. The van der Waals surface area contributed by atoms with Crippen LogP contribution in [0, 0.1) is 17.8 Å². The van der Waals surface area contributed by atoms with Gasteiger partial charge in [-0.3, -0.25) is 4.79 Å². The molecule has 0 heterocycles. The number of nitrogens with zero attached hydrogens (tertiary/aromatic N) is 1. The number of carboxylic acids is 1. The highest BCUT2D eigenvalue weighted by Crippen LogP contribution is 2.13. The first-order valence-electron chi connectivity index (χ1n) is 13.1. The molecule has 0 aromatic rings. The second kappa shape index (κ2) is 23.1. The Morgan fingerprint density at radius 1 is 0.600 bits per heavy atom. The minimum Gasteiger partial charge on any atom is -0.481 e. The van der Waals surface area contributed by atoms with Crippen LogP contribution < -0.4 is 0 Å². The van der Waals surface area contributed by atoms with Crippen molar-refractivity contribution < 1.29 is 9.90 Å². The van der Waals surface area contributed by atoms with E-state index >= 15 is 0 Å². The number of carboxylic acid groups (broad SMARTS) is 1. The Kier molecular flexibility index (Phi) is 24.3. The van der Waals surface area contributed by atoms with E-state index in [-0.39, 0.29) is 6.42 Å². The summed E-state index contributed by atoms with van der Waals surface area (Å²) in [5, 5.41) is 7.72. The lowest BCUT2D eigenvalue weighted by molar-refractivity contribution is -0.136. The second-order valence-electron chi connectivity index (χ2n) is 10.3. The third kappa shape index (κ3) is 29.6. The Hall–Kier alpha value is -0.570. The minimum atomic E-state index is -0.745. The highest BCUT2D eigenvalue weighted by Gasteiger charge is 2.06. The standard InChI is InChI=1S/C24H51N.C3H6O2/c1-22(2)16-10-7-13-19-25(20-14-8-11-17-23(3)4)21-15-9-12-18-24(5)6;1-2-3(4)5/h22-24H,7-21H2,1-6H3;2H2,1H3,(H,4,5). The number of hydrogen-bond donors (Lipinski definition) is 1. The van der Waals surface area contributed by atoms with Gasteiger partial charge in [-0.1, -0.05) is 106 Å². The predicted molar refractivity (Wildman–Crippen MR) is 134 cm³/mol. The zero-order valence-corrected chi connectivity index (χ0v) is 21.8. The summed E-state index contributed by atoms with van der Waals surface area (Å²) in [6, 6.07) is 0. The summed E-state index contributed by atoms with van der Waals surface area (Å²) in [7, 11) is 0. The monoisotopic (exact) mass is 427 g/mol. The third-order valence-corrected chi connectivity index (χ3v) is 5.57. The molecule has 0 aromatic heterocycles. The molecular weight excluding hydrogens is 370 g/mol. The van der Waals surface area contributed by atoms with Crippen molar-refractivity contribution in [2.45, 2.75) is 132 Å². The maximum absolute atomic E-state index is 9.37. The third-order valence-electron chi connectivity index (χ3n) is 5.57. The van der Waals surface area contributed by atoms with E-state index in [4.69, 9.17) is 5.11 Å². The normalized spacial score (nSPS) is 11.4. The van der Waals surface area contributed by atoms with Gasteiger partial charge in [-0.25, -0.2) is 0 Å². The topological polar surface area (TPSA) is 40.5 Å². The van der Waals surface area contributed by atoms with Crippen molar-refractivity contribution in [3.63, 3.8) is 0 Å². The van der Waals surface area contributed by atoms with Crippen LogP contribution in [-0.2, 0) is 4.79 Å². The maximum atomic E-state index is 9.37. The zero-order valence-electron chi connectivity index (χ0n) is 21.8. The van der Waals surface area contributed by atoms with E-state index < -0.39 is 5.97 Å². The van der Waals surface area contributed by atoms with Gasteiger partial charge in [0.25, 0.3) is 0 Å². The number of hydrogen-bond acceptors (Lipinski definition) is 2. The average molecular weight is 428 g/mol. The van der Waals surface area contributed by atoms with Crippen molar-refractivity contribution in [2.24, 2.45) is 17.8 Å². The minimum absolute atomic E-state index is 0.222. The van der Waals surface area contributed by atoms with Gasteiger partial charge >= 0.3 is 5.97 Å². The summed E-state index contributed by atoms with van der Waals surface area (Å²) in [6.07, 6.45) is 17.2. The van der Waals surface area contributed by atoms with Gasteiger partial charge in [0.05, 0.1) is 0 Å². The van der Waals surface area contributed by atoms with Gasteiger partial charge in [0.15, 0.2) is 0 Å². The molecule has 0 saturated carbocycles. The van der Waals surface area contributed by atoms with Crippen molar-refractivity contribution in [1.29, 1.82) is 0 Å². The molecule has 0 fully saturated rings. The first kappa shape index (κ1) is 31.6. The van der Waals surface area contributed by atoms with Crippen LogP contribution in [-0.4, -0.2) is 35.6 Å². The van der Waals surface area contributed by atoms with E-state index in [2.05, 4.69) is 46.4 Å². The molecule has 0 unspecified atom stereocenters. The Morgan fingerprint density at radius 3 is 1.07 bits per heavy atom. The SMILES string of the molecule is CC(C)CCCCCN(CCCCCC(C)C)CCCCCC(C)C.CCC(=O)O. The number of carbonyl (C=O) groups is 1. The van der Waals surface area contributed by atoms with E-state index in [9.17, 15) is 4.79 Å². The molecular formula is C27H57NO2. The molecule has 182 valence electrons. The molecule has 0 saturated heterocycles. The van der Waals surface area contributed by atoms with Gasteiger partial charge in [-0.15, -0.1) is 0 Å². The number of unbranched alkanes of at least 4 members (excludes halogenated alkanes) is 6. The molecule has 0 atom stereocenters. The molecule has 0 aromatic carbocycles. The Labute approximate surface area is 190 Å². The maximum Gasteiger partial charge on any atom is 0.303 e. The summed E-state index contributed by atoms with van der Waals surface area (Å²) < 4.78 is 0. The fraction of sp³-hybridized carbons (Fsp3) is 0.963. The lowest BCUT2D eigenvalue weighted by Crippen LogP contribution is -2.27. The molecule has 30 heavy (non-hydrogen) atoms. The fourth-order valence-corrected chi connectivity index (χ4v) is 3.53. The van der Waals surface area contributed by atoms with Gasteiger partial charge in [0.2, 0.25) is 0 Å². The van der Waals surface area contributed by atoms with E-state index in [0.717, 1.165) is 17.8 Å². The van der Waals surface area contributed by atoms with Gasteiger partial charge in [0.1, 0.15) is 0 Å². The smallest absolute Gasteiger partial charge is 0.303 e. The summed E-state index contributed by atoms with van der Waals surface area (Å²) in [4.78, 5) is 12.1. The van der Waals surface area contributed by atoms with Crippen molar-refractivity contribution in [1.82, 2.24) is 4.90 Å². The van der Waals surface area contributed by atoms with Gasteiger partial charge in [0, 0.05) is 6.42 Å². The first-order chi connectivity index (χ1) is 14.2. The van der Waals surface area contributed by atoms with Crippen molar-refractivity contribution >= 4 is 5.97 Å². The highest BCUT2D eigenvalue weighted by atomic mass is 16.4. The quantitative estimate of drug-likeness (QED) is 0.210. The Morgan fingerprint density at radius 2 is 0.867 bits per heavy atom. The summed E-state index contributed by atoms with van der Waals surface area (Å²) in [5.41, 5.74) is 0. The molecule has 0 rings (SSSR count). The van der Waals surface area contributed by atoms with Crippen LogP contribution in [0.4, 0.5) is 0 Å². The Bertz CT molecular complexity index is 310. The van der Waals surface area contributed by atoms with Crippen molar-refractivity contribution in [3.05, 3.63) is 0 Å².